The lowest BCUT2D eigenvalue weighted by Gasteiger charge is -2.16. The monoisotopic (exact) mass is 378 g/mol. The number of hydrogen-bond acceptors (Lipinski definition) is 5. The number of pyridine rings is 1. The summed E-state index contributed by atoms with van der Waals surface area (Å²) in [5.74, 6) is 1.46. The van der Waals surface area contributed by atoms with Crippen LogP contribution in [0.4, 0.5) is 0 Å². The Balaban J connectivity index is 1.43. The molecule has 2 atom stereocenters. The van der Waals surface area contributed by atoms with E-state index in [0.29, 0.717) is 17.3 Å². The predicted molar refractivity (Wildman–Crippen MR) is 107 cm³/mol. The molecule has 1 aliphatic carbocycles. The third-order valence-corrected chi connectivity index (χ3v) is 6.32. The first kappa shape index (κ1) is 17.6. The topological polar surface area (TPSA) is 79.7 Å². The molecule has 0 amide bonds. The highest BCUT2D eigenvalue weighted by molar-refractivity contribution is 5.73. The number of nitrogens with one attached hydrogen (secondary N) is 1. The second-order valence-electron chi connectivity index (χ2n) is 8.36. The van der Waals surface area contributed by atoms with Gasteiger partial charge in [-0.05, 0) is 30.4 Å². The molecule has 1 saturated heterocycles. The van der Waals surface area contributed by atoms with Crippen molar-refractivity contribution < 1.29 is 0 Å². The van der Waals surface area contributed by atoms with Crippen molar-refractivity contribution in [2.45, 2.75) is 51.1 Å². The molecule has 0 unspecified atom stereocenters. The average molecular weight is 378 g/mol. The minimum absolute atomic E-state index is 0.0674. The van der Waals surface area contributed by atoms with Gasteiger partial charge in [-0.2, -0.15) is 5.10 Å². The van der Waals surface area contributed by atoms with Crippen LogP contribution in [0.1, 0.15) is 56.0 Å². The highest BCUT2D eigenvalue weighted by atomic mass is 16.1. The minimum Gasteiger partial charge on any atom is -0.310 e. The average Bonchev–Trinajstić information content (AvgIpc) is 3.42. The van der Waals surface area contributed by atoms with E-state index in [2.05, 4.69) is 33.0 Å². The van der Waals surface area contributed by atoms with Gasteiger partial charge in [0.15, 0.2) is 5.65 Å². The Morgan fingerprint density at radius 2 is 2.07 bits per heavy atom. The van der Waals surface area contributed by atoms with E-state index in [1.165, 1.54) is 18.4 Å². The Morgan fingerprint density at radius 3 is 2.86 bits per heavy atom. The summed E-state index contributed by atoms with van der Waals surface area (Å²) in [5, 5.41) is 5.12. The zero-order valence-corrected chi connectivity index (χ0v) is 16.2. The van der Waals surface area contributed by atoms with E-state index in [1.807, 2.05) is 16.9 Å². The van der Waals surface area contributed by atoms with E-state index in [-0.39, 0.29) is 11.5 Å². The lowest BCUT2D eigenvalue weighted by atomic mass is 9.97. The molecule has 5 rings (SSSR count). The summed E-state index contributed by atoms with van der Waals surface area (Å²) >= 11 is 0. The standard InChI is InChI=1S/C21H26N6O/c1-14-11-26(12-15-5-4-8-22-9-15)13-18(14)19-24-20-17(21(28)25-19)10-23-27(20)16-6-2-3-7-16/h4-5,8-10,14,16,18H,2-3,6-7,11-13H2,1H3,(H,24,25,28)/t14-,18-/m1/s1. The van der Waals surface area contributed by atoms with Crippen LogP contribution in [0.3, 0.4) is 0 Å². The maximum atomic E-state index is 12.7. The summed E-state index contributed by atoms with van der Waals surface area (Å²) in [6, 6.07) is 4.46. The first-order chi connectivity index (χ1) is 13.7. The fourth-order valence-corrected chi connectivity index (χ4v) is 4.85. The maximum Gasteiger partial charge on any atom is 0.262 e. The van der Waals surface area contributed by atoms with Crippen LogP contribution < -0.4 is 5.56 Å². The van der Waals surface area contributed by atoms with Gasteiger partial charge in [0.2, 0.25) is 0 Å². The van der Waals surface area contributed by atoms with Crippen molar-refractivity contribution in [3.63, 3.8) is 0 Å². The SMILES string of the molecule is C[C@@H]1CN(Cc2cccnc2)C[C@H]1c1nc2c(cnn2C2CCCC2)c(=O)[nH]1. The Labute approximate surface area is 163 Å². The fraction of sp³-hybridized carbons (Fsp3) is 0.524. The largest absolute Gasteiger partial charge is 0.310 e. The second kappa shape index (κ2) is 7.13. The van der Waals surface area contributed by atoms with Crippen LogP contribution in [-0.2, 0) is 6.54 Å². The molecular weight excluding hydrogens is 352 g/mol. The quantitative estimate of drug-likeness (QED) is 0.755. The van der Waals surface area contributed by atoms with Gasteiger partial charge in [-0.15, -0.1) is 0 Å². The van der Waals surface area contributed by atoms with Gasteiger partial charge in [0, 0.05) is 37.9 Å². The van der Waals surface area contributed by atoms with Gasteiger partial charge in [0.25, 0.3) is 5.56 Å². The van der Waals surface area contributed by atoms with Crippen molar-refractivity contribution in [3.8, 4) is 0 Å². The Bertz CT molecular complexity index is 1020. The molecule has 28 heavy (non-hydrogen) atoms. The molecule has 4 heterocycles. The Kier molecular flexibility index (Phi) is 4.47. The third-order valence-electron chi connectivity index (χ3n) is 6.32. The van der Waals surface area contributed by atoms with Crippen LogP contribution in [0, 0.1) is 5.92 Å². The minimum atomic E-state index is -0.0674. The fourth-order valence-electron chi connectivity index (χ4n) is 4.85. The van der Waals surface area contributed by atoms with Crippen LogP contribution in [0.25, 0.3) is 11.0 Å². The zero-order valence-electron chi connectivity index (χ0n) is 16.2. The van der Waals surface area contributed by atoms with Crippen molar-refractivity contribution >= 4 is 11.0 Å². The Morgan fingerprint density at radius 1 is 1.21 bits per heavy atom. The number of H-pyrrole nitrogens is 1. The first-order valence-electron chi connectivity index (χ1n) is 10.3. The number of nitrogens with zero attached hydrogens (tertiary/aromatic N) is 5. The normalized spacial score (nSPS) is 23.8. The van der Waals surface area contributed by atoms with E-state index < -0.39 is 0 Å². The van der Waals surface area contributed by atoms with Crippen molar-refractivity contribution in [3.05, 3.63) is 52.5 Å². The lowest BCUT2D eigenvalue weighted by molar-refractivity contribution is 0.318. The van der Waals surface area contributed by atoms with Gasteiger partial charge in [-0.3, -0.25) is 14.7 Å². The summed E-state index contributed by atoms with van der Waals surface area (Å²) in [7, 11) is 0. The summed E-state index contributed by atoms with van der Waals surface area (Å²) in [4.78, 5) is 27.3. The maximum absolute atomic E-state index is 12.7. The molecule has 1 aliphatic heterocycles. The summed E-state index contributed by atoms with van der Waals surface area (Å²) < 4.78 is 1.99. The van der Waals surface area contributed by atoms with Crippen LogP contribution in [0.2, 0.25) is 0 Å². The summed E-state index contributed by atoms with van der Waals surface area (Å²) in [5.41, 5.74) is 1.90. The molecule has 2 fully saturated rings. The van der Waals surface area contributed by atoms with Crippen LogP contribution in [0.5, 0.6) is 0 Å². The number of aromatic amines is 1. The van der Waals surface area contributed by atoms with E-state index >= 15 is 0 Å². The number of hydrogen-bond donors (Lipinski definition) is 1. The molecule has 0 aromatic carbocycles. The number of rotatable bonds is 4. The molecular formula is C21H26N6O. The van der Waals surface area contributed by atoms with E-state index in [4.69, 9.17) is 4.98 Å². The molecule has 146 valence electrons. The van der Waals surface area contributed by atoms with Crippen molar-refractivity contribution in [1.82, 2.24) is 29.6 Å². The number of likely N-dealkylation sites (tertiary alicyclic amines) is 1. The third kappa shape index (κ3) is 3.13. The van der Waals surface area contributed by atoms with Gasteiger partial charge in [-0.25, -0.2) is 9.67 Å². The van der Waals surface area contributed by atoms with Crippen LogP contribution >= 0.6 is 0 Å². The Hall–Kier alpha value is -2.54. The molecule has 1 saturated carbocycles. The smallest absolute Gasteiger partial charge is 0.262 e. The molecule has 3 aromatic heterocycles. The molecule has 0 spiro atoms. The summed E-state index contributed by atoms with van der Waals surface area (Å²) in [6.07, 6.45) is 10.1. The molecule has 7 nitrogen and oxygen atoms in total. The number of fused-ring (bicyclic) bond motifs is 1. The highest BCUT2D eigenvalue weighted by Crippen LogP contribution is 2.33. The molecule has 0 radical (unpaired) electrons. The molecule has 7 heteroatoms. The van der Waals surface area contributed by atoms with Crippen molar-refractivity contribution in [2.24, 2.45) is 5.92 Å². The van der Waals surface area contributed by atoms with Gasteiger partial charge in [0.1, 0.15) is 11.2 Å². The second-order valence-corrected chi connectivity index (χ2v) is 8.36. The highest BCUT2D eigenvalue weighted by Gasteiger charge is 2.33. The summed E-state index contributed by atoms with van der Waals surface area (Å²) in [6.45, 7) is 5.00. The van der Waals surface area contributed by atoms with Gasteiger partial charge < -0.3 is 4.98 Å². The van der Waals surface area contributed by atoms with E-state index in [1.54, 1.807) is 12.4 Å². The predicted octanol–water partition coefficient (Wildman–Crippen LogP) is 2.87. The van der Waals surface area contributed by atoms with Crippen LogP contribution in [-0.4, -0.2) is 42.7 Å². The zero-order chi connectivity index (χ0) is 19.1. The van der Waals surface area contributed by atoms with E-state index in [9.17, 15) is 4.79 Å². The van der Waals surface area contributed by atoms with Gasteiger partial charge in [0.05, 0.1) is 12.2 Å². The first-order valence-corrected chi connectivity index (χ1v) is 10.3. The van der Waals surface area contributed by atoms with Gasteiger partial charge in [-0.1, -0.05) is 25.8 Å². The molecule has 2 aliphatic rings. The molecule has 0 bridgehead atoms. The number of aromatic nitrogens is 5. The molecule has 3 aromatic rings. The lowest BCUT2D eigenvalue weighted by Crippen LogP contribution is -2.21. The van der Waals surface area contributed by atoms with Gasteiger partial charge >= 0.3 is 0 Å². The van der Waals surface area contributed by atoms with Crippen molar-refractivity contribution in [2.75, 3.05) is 13.1 Å². The molecule has 1 N–H and O–H groups in total. The van der Waals surface area contributed by atoms with E-state index in [0.717, 1.165) is 43.9 Å². The van der Waals surface area contributed by atoms with Crippen molar-refractivity contribution in [1.29, 1.82) is 0 Å². The van der Waals surface area contributed by atoms with Crippen LogP contribution in [0.15, 0.2) is 35.5 Å².